The van der Waals surface area contributed by atoms with Gasteiger partial charge in [0.05, 0.1) is 0 Å². The van der Waals surface area contributed by atoms with Gasteiger partial charge in [-0.05, 0) is 6.42 Å². The minimum absolute atomic E-state index is 0. The fraction of sp³-hybridized carbons (Fsp3) is 0.714. The summed E-state index contributed by atoms with van der Waals surface area (Å²) in [5.41, 5.74) is 0. The first-order chi connectivity index (χ1) is 5.02. The maximum atomic E-state index is 10.6. The van der Waals surface area contributed by atoms with E-state index in [0.29, 0.717) is 6.42 Å². The first kappa shape index (κ1) is 15.1. The van der Waals surface area contributed by atoms with Crippen LogP contribution in [0.4, 0.5) is 0 Å². The molecule has 1 unspecified atom stereocenters. The van der Waals surface area contributed by atoms with Crippen molar-refractivity contribution in [3.05, 3.63) is 12.7 Å². The minimum atomic E-state index is -3.91. The van der Waals surface area contributed by atoms with Crippen LogP contribution in [0.3, 0.4) is 0 Å². The zero-order valence-corrected chi connectivity index (χ0v) is 10.5. The third-order valence-corrected chi connectivity index (χ3v) is 2.68. The molecular formula is C7H14NaO3S. The molecule has 0 aromatic carbocycles. The summed E-state index contributed by atoms with van der Waals surface area (Å²) in [5, 5.41) is -0.789. The number of hydrogen-bond acceptors (Lipinski definition) is 2. The molecule has 1 N–H and O–H groups in total. The maximum absolute atomic E-state index is 10.6. The van der Waals surface area contributed by atoms with Crippen LogP contribution in [-0.4, -0.2) is 47.8 Å². The maximum Gasteiger partial charge on any atom is 0.271 e. The van der Waals surface area contributed by atoms with Gasteiger partial charge in [-0.15, -0.1) is 6.58 Å². The van der Waals surface area contributed by atoms with E-state index in [0.717, 1.165) is 12.8 Å². The normalized spacial score (nSPS) is 13.2. The van der Waals surface area contributed by atoms with Crippen LogP contribution in [-0.2, 0) is 10.1 Å². The van der Waals surface area contributed by atoms with Gasteiger partial charge in [-0.1, -0.05) is 25.8 Å². The smallest absolute Gasteiger partial charge is 0.271 e. The second kappa shape index (κ2) is 7.09. The largest absolute Gasteiger partial charge is 0.285 e. The van der Waals surface area contributed by atoms with Gasteiger partial charge in [-0.2, -0.15) is 8.42 Å². The molecule has 0 heterocycles. The van der Waals surface area contributed by atoms with Gasteiger partial charge in [0.25, 0.3) is 10.1 Å². The van der Waals surface area contributed by atoms with Crippen LogP contribution in [0.5, 0.6) is 0 Å². The van der Waals surface area contributed by atoms with Crippen LogP contribution >= 0.6 is 0 Å². The average Bonchev–Trinajstić information content (AvgIpc) is 1.87. The Morgan fingerprint density at radius 1 is 1.58 bits per heavy atom. The molecule has 12 heavy (non-hydrogen) atoms. The summed E-state index contributed by atoms with van der Waals surface area (Å²) in [5.74, 6) is 0. The summed E-state index contributed by atoms with van der Waals surface area (Å²) in [6.45, 7) is 5.30. The van der Waals surface area contributed by atoms with Gasteiger partial charge in [0.1, 0.15) is 5.25 Å². The van der Waals surface area contributed by atoms with E-state index in [9.17, 15) is 8.42 Å². The van der Waals surface area contributed by atoms with E-state index in [4.69, 9.17) is 4.55 Å². The molecule has 0 aliphatic rings. The second-order valence-electron chi connectivity index (χ2n) is 2.43. The third-order valence-electron chi connectivity index (χ3n) is 1.49. The summed E-state index contributed by atoms with van der Waals surface area (Å²) in [7, 11) is -3.91. The Morgan fingerprint density at radius 3 is 2.33 bits per heavy atom. The van der Waals surface area contributed by atoms with E-state index in [1.165, 1.54) is 6.08 Å². The van der Waals surface area contributed by atoms with Crippen LogP contribution in [0.25, 0.3) is 0 Å². The van der Waals surface area contributed by atoms with Crippen molar-refractivity contribution < 1.29 is 13.0 Å². The molecule has 0 rings (SSSR count). The summed E-state index contributed by atoms with van der Waals surface area (Å²) in [4.78, 5) is 0. The van der Waals surface area contributed by atoms with E-state index in [1.54, 1.807) is 0 Å². The first-order valence-electron chi connectivity index (χ1n) is 3.61. The van der Waals surface area contributed by atoms with Crippen LogP contribution in [0.15, 0.2) is 12.7 Å². The van der Waals surface area contributed by atoms with Crippen molar-refractivity contribution >= 4 is 39.7 Å². The summed E-state index contributed by atoms with van der Waals surface area (Å²) < 4.78 is 29.7. The van der Waals surface area contributed by atoms with Crippen molar-refractivity contribution in [2.45, 2.75) is 31.4 Å². The quantitative estimate of drug-likeness (QED) is 0.413. The van der Waals surface area contributed by atoms with Gasteiger partial charge >= 0.3 is 0 Å². The van der Waals surface area contributed by atoms with Crippen LogP contribution in [0, 0.1) is 0 Å². The predicted octanol–water partition coefficient (Wildman–Crippen LogP) is 1.24. The molecule has 0 saturated heterocycles. The van der Waals surface area contributed by atoms with E-state index in [-0.39, 0.29) is 29.6 Å². The molecular weight excluding hydrogens is 187 g/mol. The third kappa shape index (κ3) is 6.20. The van der Waals surface area contributed by atoms with Crippen LogP contribution in [0.1, 0.15) is 26.2 Å². The summed E-state index contributed by atoms with van der Waals surface area (Å²) in [6.07, 6.45) is 3.43. The molecule has 5 heteroatoms. The average molecular weight is 201 g/mol. The van der Waals surface area contributed by atoms with Crippen LogP contribution < -0.4 is 0 Å². The molecule has 0 aliphatic carbocycles. The fourth-order valence-electron chi connectivity index (χ4n) is 0.794. The van der Waals surface area contributed by atoms with E-state index >= 15 is 0 Å². The van der Waals surface area contributed by atoms with E-state index in [2.05, 4.69) is 6.58 Å². The fourth-order valence-corrected chi connectivity index (χ4v) is 1.50. The molecule has 0 aromatic rings. The topological polar surface area (TPSA) is 54.4 Å². The van der Waals surface area contributed by atoms with Gasteiger partial charge in [-0.25, -0.2) is 0 Å². The molecule has 0 aromatic heterocycles. The molecule has 1 atom stereocenters. The molecule has 0 fully saturated rings. The molecule has 0 bridgehead atoms. The van der Waals surface area contributed by atoms with Gasteiger partial charge < -0.3 is 0 Å². The number of hydrogen-bond donors (Lipinski definition) is 1. The number of unbranched alkanes of at least 4 members (excludes halogenated alkanes) is 1. The zero-order valence-electron chi connectivity index (χ0n) is 7.66. The molecule has 67 valence electrons. The Morgan fingerprint density at radius 2 is 2.08 bits per heavy atom. The van der Waals surface area contributed by atoms with Crippen molar-refractivity contribution in [1.29, 1.82) is 0 Å². The van der Waals surface area contributed by atoms with E-state index in [1.807, 2.05) is 6.92 Å². The summed E-state index contributed by atoms with van der Waals surface area (Å²) in [6, 6.07) is 0. The van der Waals surface area contributed by atoms with Gasteiger partial charge in [0, 0.05) is 29.6 Å². The number of rotatable bonds is 5. The van der Waals surface area contributed by atoms with Gasteiger partial charge in [0.15, 0.2) is 0 Å². The molecule has 1 radical (unpaired) electrons. The Labute approximate surface area is 96.3 Å². The zero-order chi connectivity index (χ0) is 8.91. The van der Waals surface area contributed by atoms with Gasteiger partial charge in [-0.3, -0.25) is 4.55 Å². The van der Waals surface area contributed by atoms with Crippen molar-refractivity contribution in [1.82, 2.24) is 0 Å². The molecule has 0 aliphatic heterocycles. The Hall–Kier alpha value is 0.650. The Kier molecular flexibility index (Phi) is 8.95. The van der Waals surface area contributed by atoms with Crippen molar-refractivity contribution in [3.8, 4) is 0 Å². The van der Waals surface area contributed by atoms with E-state index < -0.39 is 15.4 Å². The molecule has 0 spiro atoms. The first-order valence-corrected chi connectivity index (χ1v) is 5.11. The van der Waals surface area contributed by atoms with Crippen molar-refractivity contribution in [3.63, 3.8) is 0 Å². The SMILES string of the molecule is C=CC(CCCC)S(=O)(=O)O.[Na]. The molecule has 3 nitrogen and oxygen atoms in total. The van der Waals surface area contributed by atoms with Gasteiger partial charge in [0.2, 0.25) is 0 Å². The molecule has 0 amide bonds. The summed E-state index contributed by atoms with van der Waals surface area (Å²) >= 11 is 0. The standard InChI is InChI=1S/C7H14O3S.Na/c1-3-5-6-7(4-2)11(8,9)10;/h4,7H,2-3,5-6H2,1H3,(H,8,9,10);. The van der Waals surface area contributed by atoms with Crippen LogP contribution in [0.2, 0.25) is 0 Å². The predicted molar refractivity (Wildman–Crippen MR) is 50.8 cm³/mol. The second-order valence-corrected chi connectivity index (χ2v) is 4.07. The minimum Gasteiger partial charge on any atom is -0.285 e. The Bertz CT molecular complexity index is 211. The van der Waals surface area contributed by atoms with Crippen molar-refractivity contribution in [2.24, 2.45) is 0 Å². The van der Waals surface area contributed by atoms with Crippen molar-refractivity contribution in [2.75, 3.05) is 0 Å². The molecule has 0 saturated carbocycles. The monoisotopic (exact) mass is 201 g/mol. The Balaban J connectivity index is 0.